The maximum absolute atomic E-state index is 11.6. The molecule has 0 aromatic carbocycles. The molecule has 0 heterocycles. The van der Waals surface area contributed by atoms with Gasteiger partial charge in [-0.05, 0) is 31.6 Å². The first-order valence-electron chi connectivity index (χ1n) is 5.82. The van der Waals surface area contributed by atoms with E-state index in [0.29, 0.717) is 25.3 Å². The zero-order valence-electron chi connectivity index (χ0n) is 9.99. The lowest BCUT2D eigenvalue weighted by molar-refractivity contribution is 0.125. The van der Waals surface area contributed by atoms with E-state index in [4.69, 9.17) is 0 Å². The number of hydrogen-bond donors (Lipinski definition) is 3. The van der Waals surface area contributed by atoms with E-state index in [0.717, 1.165) is 12.8 Å². The van der Waals surface area contributed by atoms with Crippen molar-refractivity contribution < 1.29 is 13.5 Å². The lowest BCUT2D eigenvalue weighted by atomic mass is 9.78. The quantitative estimate of drug-likeness (QED) is 0.659. The van der Waals surface area contributed by atoms with E-state index in [1.54, 1.807) is 6.92 Å². The Morgan fingerprint density at radius 1 is 1.38 bits per heavy atom. The van der Waals surface area contributed by atoms with E-state index in [-0.39, 0.29) is 6.61 Å². The maximum atomic E-state index is 11.6. The fraction of sp³-hybridized carbons (Fsp3) is 1.00. The van der Waals surface area contributed by atoms with Gasteiger partial charge in [-0.3, -0.25) is 0 Å². The molecule has 1 rings (SSSR count). The van der Waals surface area contributed by atoms with Crippen LogP contribution in [0.25, 0.3) is 0 Å². The second kappa shape index (κ2) is 5.44. The van der Waals surface area contributed by atoms with Crippen molar-refractivity contribution in [2.75, 3.05) is 13.2 Å². The van der Waals surface area contributed by atoms with E-state index in [2.05, 4.69) is 16.4 Å². The molecule has 6 heteroatoms. The molecule has 0 radical (unpaired) electrons. The lowest BCUT2D eigenvalue weighted by Gasteiger charge is -2.38. The Bertz CT molecular complexity index is 308. The van der Waals surface area contributed by atoms with Gasteiger partial charge in [0, 0.05) is 6.54 Å². The van der Waals surface area contributed by atoms with Crippen molar-refractivity contribution in [1.29, 1.82) is 0 Å². The van der Waals surface area contributed by atoms with Crippen molar-refractivity contribution in [2.45, 2.75) is 45.1 Å². The molecule has 3 N–H and O–H groups in total. The van der Waals surface area contributed by atoms with Crippen molar-refractivity contribution >= 4 is 10.2 Å². The van der Waals surface area contributed by atoms with Gasteiger partial charge in [0.05, 0.1) is 12.1 Å². The summed E-state index contributed by atoms with van der Waals surface area (Å²) in [6, 6.07) is 0. The third-order valence-corrected chi connectivity index (χ3v) is 4.59. The van der Waals surface area contributed by atoms with Crippen LogP contribution < -0.4 is 9.44 Å². The van der Waals surface area contributed by atoms with Gasteiger partial charge in [0.2, 0.25) is 0 Å². The van der Waals surface area contributed by atoms with E-state index < -0.39 is 15.7 Å². The minimum absolute atomic E-state index is 0.135. The molecule has 0 saturated heterocycles. The van der Waals surface area contributed by atoms with Crippen LogP contribution in [0.15, 0.2) is 0 Å². The Kier molecular flexibility index (Phi) is 4.73. The maximum Gasteiger partial charge on any atom is 0.277 e. The highest BCUT2D eigenvalue weighted by Gasteiger charge is 2.36. The molecule has 1 aliphatic carbocycles. The average Bonchev–Trinajstić information content (AvgIpc) is 2.21. The number of aliphatic hydroxyl groups excluding tert-OH is 1. The molecule has 96 valence electrons. The van der Waals surface area contributed by atoms with Gasteiger partial charge in [-0.2, -0.15) is 13.1 Å². The fourth-order valence-corrected chi connectivity index (χ4v) is 3.41. The molecule has 16 heavy (non-hydrogen) atoms. The first-order valence-corrected chi connectivity index (χ1v) is 7.31. The number of hydrogen-bond acceptors (Lipinski definition) is 3. The minimum Gasteiger partial charge on any atom is -0.394 e. The van der Waals surface area contributed by atoms with Crippen LogP contribution >= 0.6 is 0 Å². The molecule has 0 unspecified atom stereocenters. The molecule has 5 nitrogen and oxygen atoms in total. The van der Waals surface area contributed by atoms with Crippen molar-refractivity contribution in [3.8, 4) is 0 Å². The van der Waals surface area contributed by atoms with Crippen LogP contribution in [0.4, 0.5) is 0 Å². The number of nitrogens with one attached hydrogen (secondary N) is 2. The Morgan fingerprint density at radius 2 is 1.94 bits per heavy atom. The summed E-state index contributed by atoms with van der Waals surface area (Å²) >= 11 is 0. The standard InChI is InChI=1S/C10H22N2O3S/c1-3-11-16(14,15)12-10(8-13)6-4-9(2)5-7-10/h9,11-13H,3-8H2,1-2H3. The Hall–Kier alpha value is -0.170. The van der Waals surface area contributed by atoms with Crippen LogP contribution in [0.3, 0.4) is 0 Å². The summed E-state index contributed by atoms with van der Waals surface area (Å²) in [4.78, 5) is 0. The number of rotatable bonds is 5. The SMILES string of the molecule is CCNS(=O)(=O)NC1(CO)CCC(C)CC1. The molecule has 0 atom stereocenters. The van der Waals surface area contributed by atoms with E-state index in [9.17, 15) is 13.5 Å². The summed E-state index contributed by atoms with van der Waals surface area (Å²) in [5.41, 5.74) is -0.659. The Morgan fingerprint density at radius 3 is 2.38 bits per heavy atom. The molecule has 0 spiro atoms. The molecule has 0 bridgehead atoms. The topological polar surface area (TPSA) is 78.4 Å². The first-order chi connectivity index (χ1) is 7.43. The number of aliphatic hydroxyl groups is 1. The van der Waals surface area contributed by atoms with Gasteiger partial charge >= 0.3 is 0 Å². The molecule has 0 aromatic heterocycles. The average molecular weight is 250 g/mol. The highest BCUT2D eigenvalue weighted by atomic mass is 32.2. The van der Waals surface area contributed by atoms with Gasteiger partial charge in [-0.15, -0.1) is 0 Å². The van der Waals surface area contributed by atoms with E-state index in [1.165, 1.54) is 0 Å². The predicted octanol–water partition coefficient (Wildman–Crippen LogP) is 0.371. The van der Waals surface area contributed by atoms with Gasteiger partial charge in [0.1, 0.15) is 0 Å². The van der Waals surface area contributed by atoms with Gasteiger partial charge in [0.25, 0.3) is 10.2 Å². The minimum atomic E-state index is -3.48. The molecule has 0 aromatic rings. The largest absolute Gasteiger partial charge is 0.394 e. The van der Waals surface area contributed by atoms with Gasteiger partial charge in [-0.1, -0.05) is 13.8 Å². The highest BCUT2D eigenvalue weighted by molar-refractivity contribution is 7.87. The molecular formula is C10H22N2O3S. The normalized spacial score (nSPS) is 31.6. The summed E-state index contributed by atoms with van der Waals surface area (Å²) in [5, 5.41) is 9.40. The zero-order valence-corrected chi connectivity index (χ0v) is 10.8. The van der Waals surface area contributed by atoms with Crippen molar-refractivity contribution in [1.82, 2.24) is 9.44 Å². The summed E-state index contributed by atoms with van der Waals surface area (Å²) in [6.45, 7) is 4.10. The third-order valence-electron chi connectivity index (χ3n) is 3.22. The fourth-order valence-electron chi connectivity index (χ4n) is 2.12. The summed E-state index contributed by atoms with van der Waals surface area (Å²) in [7, 11) is -3.48. The van der Waals surface area contributed by atoms with Gasteiger partial charge in [0.15, 0.2) is 0 Å². The van der Waals surface area contributed by atoms with Gasteiger partial charge < -0.3 is 5.11 Å². The zero-order chi connectivity index (χ0) is 12.2. The Labute approximate surface area is 97.8 Å². The van der Waals surface area contributed by atoms with Crippen LogP contribution in [0.5, 0.6) is 0 Å². The second-order valence-electron chi connectivity index (χ2n) is 4.72. The van der Waals surface area contributed by atoms with Gasteiger partial charge in [-0.25, -0.2) is 4.72 Å². The van der Waals surface area contributed by atoms with Crippen LogP contribution in [0.2, 0.25) is 0 Å². The molecule has 1 aliphatic rings. The molecule has 0 aliphatic heterocycles. The van der Waals surface area contributed by atoms with Crippen LogP contribution in [0, 0.1) is 5.92 Å². The van der Waals surface area contributed by atoms with Crippen molar-refractivity contribution in [3.63, 3.8) is 0 Å². The van der Waals surface area contributed by atoms with Crippen molar-refractivity contribution in [3.05, 3.63) is 0 Å². The Balaban J connectivity index is 2.67. The third kappa shape index (κ3) is 3.69. The van der Waals surface area contributed by atoms with Crippen molar-refractivity contribution in [2.24, 2.45) is 5.92 Å². The lowest BCUT2D eigenvalue weighted by Crippen LogP contribution is -2.56. The molecular weight excluding hydrogens is 228 g/mol. The summed E-state index contributed by atoms with van der Waals surface area (Å²) < 4.78 is 28.2. The molecule has 1 saturated carbocycles. The van der Waals surface area contributed by atoms with E-state index in [1.807, 2.05) is 0 Å². The monoisotopic (exact) mass is 250 g/mol. The predicted molar refractivity (Wildman–Crippen MR) is 63.2 cm³/mol. The second-order valence-corrected chi connectivity index (χ2v) is 6.22. The molecule has 0 amide bonds. The van der Waals surface area contributed by atoms with Crippen LogP contribution in [-0.2, 0) is 10.2 Å². The smallest absolute Gasteiger partial charge is 0.277 e. The highest BCUT2D eigenvalue weighted by Crippen LogP contribution is 2.31. The molecule has 1 fully saturated rings. The van der Waals surface area contributed by atoms with E-state index >= 15 is 0 Å². The van der Waals surface area contributed by atoms with Crippen LogP contribution in [-0.4, -0.2) is 32.2 Å². The summed E-state index contributed by atoms with van der Waals surface area (Å²) in [5.74, 6) is 0.614. The first kappa shape index (κ1) is 13.9. The van der Waals surface area contributed by atoms with Crippen LogP contribution in [0.1, 0.15) is 39.5 Å². The summed E-state index contributed by atoms with van der Waals surface area (Å²) in [6.07, 6.45) is 3.31.